The monoisotopic (exact) mass is 506 g/mol. The van der Waals surface area contributed by atoms with Crippen LogP contribution >= 0.6 is 0 Å². The summed E-state index contributed by atoms with van der Waals surface area (Å²) >= 11 is 0. The maximum absolute atomic E-state index is 13.2. The van der Waals surface area contributed by atoms with Crippen LogP contribution in [-0.4, -0.2) is 53.6 Å². The van der Waals surface area contributed by atoms with Gasteiger partial charge in [0.1, 0.15) is 12.1 Å². The average Bonchev–Trinajstić information content (AvgIpc) is 2.96. The normalized spacial score (nSPS) is 13.9. The van der Waals surface area contributed by atoms with E-state index in [9.17, 15) is 4.79 Å². The molecular weight excluding hydrogens is 472 g/mol. The lowest BCUT2D eigenvalue weighted by molar-refractivity contribution is -0.127. The molecule has 1 saturated heterocycles. The number of amides is 1. The number of rotatable bonds is 8. The van der Waals surface area contributed by atoms with E-state index in [4.69, 9.17) is 4.74 Å². The van der Waals surface area contributed by atoms with Gasteiger partial charge in [0.25, 0.3) is 0 Å². The van der Waals surface area contributed by atoms with Crippen LogP contribution < -0.4 is 4.90 Å². The van der Waals surface area contributed by atoms with E-state index < -0.39 is 0 Å². The fourth-order valence-corrected chi connectivity index (χ4v) is 4.83. The van der Waals surface area contributed by atoms with Crippen LogP contribution in [0.1, 0.15) is 25.0 Å². The first-order valence-electron chi connectivity index (χ1n) is 13.3. The Bertz CT molecular complexity index is 1410. The van der Waals surface area contributed by atoms with Crippen LogP contribution in [0, 0.1) is 5.92 Å². The van der Waals surface area contributed by atoms with E-state index in [1.54, 1.807) is 12.4 Å². The van der Waals surface area contributed by atoms with Gasteiger partial charge in [0, 0.05) is 37.6 Å². The molecule has 194 valence electrons. The second-order valence-corrected chi connectivity index (χ2v) is 10.1. The van der Waals surface area contributed by atoms with Gasteiger partial charge in [-0.3, -0.25) is 4.79 Å². The van der Waals surface area contributed by atoms with E-state index in [1.165, 1.54) is 0 Å². The molecule has 5 rings (SSSR count). The van der Waals surface area contributed by atoms with Crippen molar-refractivity contribution in [2.75, 3.05) is 37.7 Å². The maximum Gasteiger partial charge on any atom is 0.246 e. The van der Waals surface area contributed by atoms with E-state index in [0.29, 0.717) is 32.2 Å². The summed E-state index contributed by atoms with van der Waals surface area (Å²) in [6.07, 6.45) is 5.20. The van der Waals surface area contributed by atoms with Gasteiger partial charge < -0.3 is 14.5 Å². The lowest BCUT2D eigenvalue weighted by Crippen LogP contribution is -2.36. The van der Waals surface area contributed by atoms with Crippen molar-refractivity contribution in [2.45, 2.75) is 20.4 Å². The van der Waals surface area contributed by atoms with Crippen molar-refractivity contribution < 1.29 is 9.53 Å². The summed E-state index contributed by atoms with van der Waals surface area (Å²) in [5, 5.41) is 1.04. The highest BCUT2D eigenvalue weighted by Gasteiger charge is 2.17. The Morgan fingerprint density at radius 1 is 0.974 bits per heavy atom. The van der Waals surface area contributed by atoms with E-state index in [1.807, 2.05) is 41.3 Å². The molecule has 0 bridgehead atoms. The highest BCUT2D eigenvalue weighted by molar-refractivity contribution is 5.93. The molecule has 6 heteroatoms. The van der Waals surface area contributed by atoms with E-state index in [-0.39, 0.29) is 5.91 Å². The van der Waals surface area contributed by atoms with Gasteiger partial charge in [0.2, 0.25) is 5.91 Å². The number of ether oxygens (including phenoxy) is 1. The number of hydrogen-bond donors (Lipinski definition) is 0. The number of carbonyl (C=O) groups excluding carboxylic acids is 1. The lowest BCUT2D eigenvalue weighted by Gasteiger charge is -2.28. The SMILES string of the molecule is CC(C)CN(Cc1cccc(-c2ccc3ncnc(N4CCOCC4)c3c2)c1)C(=O)/C=C/c1ccccc1. The molecule has 0 saturated carbocycles. The number of anilines is 1. The van der Waals surface area contributed by atoms with Crippen LogP contribution in [0.3, 0.4) is 0 Å². The third-order valence-corrected chi connectivity index (χ3v) is 6.67. The minimum absolute atomic E-state index is 0.0194. The standard InChI is InChI=1S/C32H34N4O2/c1-24(2)21-36(31(37)14-11-25-7-4-3-5-8-25)22-26-9-6-10-27(19-26)28-12-13-30-29(20-28)32(34-23-33-30)35-15-17-38-18-16-35/h3-14,19-20,23-24H,15-18,21-22H2,1-2H3/b14-11+. The van der Waals surface area contributed by atoms with Crippen LogP contribution in [0.25, 0.3) is 28.1 Å². The third kappa shape index (κ3) is 6.26. The Balaban J connectivity index is 1.40. The molecular formula is C32H34N4O2. The summed E-state index contributed by atoms with van der Waals surface area (Å²) in [7, 11) is 0. The summed E-state index contributed by atoms with van der Waals surface area (Å²) < 4.78 is 5.53. The molecule has 0 aliphatic carbocycles. The predicted octanol–water partition coefficient (Wildman–Crippen LogP) is 5.83. The van der Waals surface area contributed by atoms with Gasteiger partial charge in [-0.2, -0.15) is 0 Å². The Labute approximate surface area is 224 Å². The summed E-state index contributed by atoms with van der Waals surface area (Å²) in [5.74, 6) is 1.34. The molecule has 3 aromatic carbocycles. The molecule has 6 nitrogen and oxygen atoms in total. The number of aromatic nitrogens is 2. The molecule has 1 aliphatic heterocycles. The van der Waals surface area contributed by atoms with Gasteiger partial charge in [0.15, 0.2) is 0 Å². The zero-order valence-electron chi connectivity index (χ0n) is 22.1. The maximum atomic E-state index is 13.2. The summed E-state index contributed by atoms with van der Waals surface area (Å²) in [6, 6.07) is 24.7. The molecule has 1 fully saturated rings. The molecule has 2 heterocycles. The van der Waals surface area contributed by atoms with Crippen LogP contribution in [-0.2, 0) is 16.1 Å². The molecule has 1 aliphatic rings. The van der Waals surface area contributed by atoms with Gasteiger partial charge >= 0.3 is 0 Å². The number of morpholine rings is 1. The zero-order valence-corrected chi connectivity index (χ0v) is 22.1. The average molecular weight is 507 g/mol. The van der Waals surface area contributed by atoms with Crippen LogP contribution in [0.2, 0.25) is 0 Å². The van der Waals surface area contributed by atoms with Crippen molar-refractivity contribution in [3.63, 3.8) is 0 Å². The van der Waals surface area contributed by atoms with Crippen molar-refractivity contribution in [1.29, 1.82) is 0 Å². The minimum atomic E-state index is 0.0194. The van der Waals surface area contributed by atoms with Crippen molar-refractivity contribution in [3.8, 4) is 11.1 Å². The highest BCUT2D eigenvalue weighted by Crippen LogP contribution is 2.30. The Hall–Kier alpha value is -4.03. The van der Waals surface area contributed by atoms with Gasteiger partial charge in [-0.05, 0) is 52.4 Å². The van der Waals surface area contributed by atoms with Crippen molar-refractivity contribution in [2.24, 2.45) is 5.92 Å². The second-order valence-electron chi connectivity index (χ2n) is 10.1. The summed E-state index contributed by atoms with van der Waals surface area (Å²) in [4.78, 5) is 26.5. The Kier molecular flexibility index (Phi) is 8.09. The molecule has 1 amide bonds. The Morgan fingerprint density at radius 3 is 2.55 bits per heavy atom. The first-order valence-corrected chi connectivity index (χ1v) is 13.3. The summed E-state index contributed by atoms with van der Waals surface area (Å²) in [6.45, 7) is 8.59. The first-order chi connectivity index (χ1) is 18.6. The molecule has 0 spiro atoms. The van der Waals surface area contributed by atoms with Crippen LogP contribution in [0.5, 0.6) is 0 Å². The molecule has 38 heavy (non-hydrogen) atoms. The molecule has 1 aromatic heterocycles. The smallest absolute Gasteiger partial charge is 0.246 e. The number of hydrogen-bond acceptors (Lipinski definition) is 5. The van der Waals surface area contributed by atoms with Crippen molar-refractivity contribution in [3.05, 3.63) is 96.3 Å². The Morgan fingerprint density at radius 2 is 1.76 bits per heavy atom. The number of fused-ring (bicyclic) bond motifs is 1. The second kappa shape index (κ2) is 12.0. The molecule has 4 aromatic rings. The van der Waals surface area contributed by atoms with E-state index >= 15 is 0 Å². The predicted molar refractivity (Wildman–Crippen MR) is 154 cm³/mol. The molecule has 0 atom stereocenters. The lowest BCUT2D eigenvalue weighted by atomic mass is 10.0. The fraction of sp³-hybridized carbons (Fsp3) is 0.281. The number of carbonyl (C=O) groups is 1. The summed E-state index contributed by atoms with van der Waals surface area (Å²) in [5.41, 5.74) is 5.26. The zero-order chi connectivity index (χ0) is 26.3. The first kappa shape index (κ1) is 25.6. The van der Waals surface area contributed by atoms with Gasteiger partial charge in [-0.1, -0.05) is 68.4 Å². The largest absolute Gasteiger partial charge is 0.378 e. The van der Waals surface area contributed by atoms with Crippen LogP contribution in [0.15, 0.2) is 85.2 Å². The minimum Gasteiger partial charge on any atom is -0.378 e. The van der Waals surface area contributed by atoms with Gasteiger partial charge in [-0.15, -0.1) is 0 Å². The number of benzene rings is 3. The van der Waals surface area contributed by atoms with E-state index in [2.05, 4.69) is 71.2 Å². The fourth-order valence-electron chi connectivity index (χ4n) is 4.83. The van der Waals surface area contributed by atoms with Crippen LogP contribution in [0.4, 0.5) is 5.82 Å². The molecule has 0 N–H and O–H groups in total. The van der Waals surface area contributed by atoms with Gasteiger partial charge in [0.05, 0.1) is 18.7 Å². The van der Waals surface area contributed by atoms with Gasteiger partial charge in [-0.25, -0.2) is 9.97 Å². The topological polar surface area (TPSA) is 58.6 Å². The highest BCUT2D eigenvalue weighted by atomic mass is 16.5. The quantitative estimate of drug-likeness (QED) is 0.281. The third-order valence-electron chi connectivity index (χ3n) is 6.67. The van der Waals surface area contributed by atoms with E-state index in [0.717, 1.165) is 52.1 Å². The number of nitrogens with zero attached hydrogens (tertiary/aromatic N) is 4. The van der Waals surface area contributed by atoms with Crippen molar-refractivity contribution >= 4 is 28.7 Å². The van der Waals surface area contributed by atoms with Crippen molar-refractivity contribution in [1.82, 2.24) is 14.9 Å². The molecule has 0 radical (unpaired) electrons. The molecule has 0 unspecified atom stereocenters.